The van der Waals surface area contributed by atoms with Crippen LogP contribution in [0, 0.1) is 0 Å². The van der Waals surface area contributed by atoms with Crippen molar-refractivity contribution in [2.45, 2.75) is 30.2 Å². The third-order valence-corrected chi connectivity index (χ3v) is 5.23. The molecular formula is C19H22N2O3S. The van der Waals surface area contributed by atoms with Gasteiger partial charge in [-0.1, -0.05) is 18.2 Å². The van der Waals surface area contributed by atoms with Crippen LogP contribution < -0.4 is 5.32 Å². The molecule has 1 N–H and O–H groups in total. The molecule has 25 heavy (non-hydrogen) atoms. The van der Waals surface area contributed by atoms with Gasteiger partial charge in [0.25, 0.3) is 5.91 Å². The van der Waals surface area contributed by atoms with E-state index in [1.165, 1.54) is 11.2 Å². The van der Waals surface area contributed by atoms with Crippen LogP contribution in [0.2, 0.25) is 0 Å². The summed E-state index contributed by atoms with van der Waals surface area (Å²) >= 11 is 1.70. The summed E-state index contributed by atoms with van der Waals surface area (Å²) in [6.07, 6.45) is 4.05. The van der Waals surface area contributed by atoms with Crippen LogP contribution in [-0.4, -0.2) is 41.6 Å². The van der Waals surface area contributed by atoms with Crippen molar-refractivity contribution < 1.29 is 14.0 Å². The van der Waals surface area contributed by atoms with E-state index in [1.807, 2.05) is 18.2 Å². The lowest BCUT2D eigenvalue weighted by molar-refractivity contribution is -0.126. The molecule has 1 atom stereocenters. The maximum Gasteiger partial charge on any atom is 0.290 e. The molecule has 2 heterocycles. The van der Waals surface area contributed by atoms with Gasteiger partial charge in [-0.05, 0) is 43.5 Å². The number of furan rings is 1. The zero-order valence-electron chi connectivity index (χ0n) is 14.0. The molecule has 1 aliphatic rings. The topological polar surface area (TPSA) is 62.6 Å². The highest BCUT2D eigenvalue weighted by Crippen LogP contribution is 2.20. The minimum atomic E-state index is -0.409. The van der Waals surface area contributed by atoms with Crippen LogP contribution in [0.3, 0.4) is 0 Å². The summed E-state index contributed by atoms with van der Waals surface area (Å²) in [6.45, 7) is 1.17. The molecule has 1 saturated heterocycles. The standard InChI is InChI=1S/C19H22N2O3S/c22-18(20-11-14-25-15-7-2-1-3-8-15)16-9-4-5-12-21(16)19(23)17-10-6-13-24-17/h1-3,6-8,10,13,16H,4-5,9,11-12,14H2,(H,20,22). The highest BCUT2D eigenvalue weighted by Gasteiger charge is 2.33. The van der Waals surface area contributed by atoms with Crippen molar-refractivity contribution in [2.24, 2.45) is 0 Å². The molecule has 132 valence electrons. The Kier molecular flexibility index (Phi) is 6.17. The third-order valence-electron chi connectivity index (χ3n) is 4.21. The van der Waals surface area contributed by atoms with Crippen molar-refractivity contribution in [3.63, 3.8) is 0 Å². The number of amides is 2. The average molecular weight is 358 g/mol. The van der Waals surface area contributed by atoms with Gasteiger partial charge in [-0.3, -0.25) is 9.59 Å². The Morgan fingerprint density at radius 2 is 2.00 bits per heavy atom. The molecule has 6 heteroatoms. The summed E-state index contributed by atoms with van der Waals surface area (Å²) < 4.78 is 5.20. The van der Waals surface area contributed by atoms with E-state index in [0.717, 1.165) is 18.6 Å². The maximum absolute atomic E-state index is 12.5. The van der Waals surface area contributed by atoms with Crippen molar-refractivity contribution in [2.75, 3.05) is 18.8 Å². The van der Waals surface area contributed by atoms with E-state index >= 15 is 0 Å². The van der Waals surface area contributed by atoms with Crippen molar-refractivity contribution in [3.8, 4) is 0 Å². The molecule has 5 nitrogen and oxygen atoms in total. The lowest BCUT2D eigenvalue weighted by Gasteiger charge is -2.34. The number of thioether (sulfide) groups is 1. The lowest BCUT2D eigenvalue weighted by atomic mass is 10.0. The zero-order valence-corrected chi connectivity index (χ0v) is 14.8. The molecule has 0 saturated carbocycles. The number of carbonyl (C=O) groups is 2. The Hall–Kier alpha value is -2.21. The van der Waals surface area contributed by atoms with E-state index in [0.29, 0.717) is 25.3 Å². The summed E-state index contributed by atoms with van der Waals surface area (Å²) in [6, 6.07) is 13.0. The van der Waals surface area contributed by atoms with Crippen molar-refractivity contribution in [1.82, 2.24) is 10.2 Å². The van der Waals surface area contributed by atoms with Gasteiger partial charge >= 0.3 is 0 Å². The van der Waals surface area contributed by atoms with Gasteiger partial charge in [-0.15, -0.1) is 11.8 Å². The number of carbonyl (C=O) groups excluding carboxylic acids is 2. The normalized spacial score (nSPS) is 17.3. The van der Waals surface area contributed by atoms with Crippen molar-refractivity contribution in [1.29, 1.82) is 0 Å². The Labute approximate surface area is 151 Å². The van der Waals surface area contributed by atoms with Crippen LogP contribution in [0.25, 0.3) is 0 Å². The highest BCUT2D eigenvalue weighted by atomic mass is 32.2. The Bertz CT molecular complexity index is 688. The van der Waals surface area contributed by atoms with E-state index in [4.69, 9.17) is 4.42 Å². The van der Waals surface area contributed by atoms with Gasteiger partial charge in [-0.2, -0.15) is 0 Å². The quantitative estimate of drug-likeness (QED) is 0.636. The van der Waals surface area contributed by atoms with E-state index < -0.39 is 6.04 Å². The highest BCUT2D eigenvalue weighted by molar-refractivity contribution is 7.99. The van der Waals surface area contributed by atoms with Gasteiger partial charge in [0, 0.05) is 23.7 Å². The summed E-state index contributed by atoms with van der Waals surface area (Å²) in [5.41, 5.74) is 0. The molecule has 0 bridgehead atoms. The fourth-order valence-electron chi connectivity index (χ4n) is 2.97. The first-order valence-corrected chi connectivity index (χ1v) is 9.54. The fourth-order valence-corrected chi connectivity index (χ4v) is 3.76. The number of piperidine rings is 1. The number of nitrogens with zero attached hydrogens (tertiary/aromatic N) is 1. The molecule has 0 spiro atoms. The first-order valence-electron chi connectivity index (χ1n) is 8.56. The molecule has 1 aromatic heterocycles. The third kappa shape index (κ3) is 4.66. The van der Waals surface area contributed by atoms with E-state index in [2.05, 4.69) is 17.4 Å². The second-order valence-electron chi connectivity index (χ2n) is 5.94. The number of hydrogen-bond donors (Lipinski definition) is 1. The molecule has 2 amide bonds. The van der Waals surface area contributed by atoms with Gasteiger partial charge in [0.2, 0.25) is 5.91 Å². The van der Waals surface area contributed by atoms with E-state index in [9.17, 15) is 9.59 Å². The predicted molar refractivity (Wildman–Crippen MR) is 97.6 cm³/mol. The molecule has 1 unspecified atom stereocenters. The van der Waals surface area contributed by atoms with Crippen molar-refractivity contribution >= 4 is 23.6 Å². The minimum absolute atomic E-state index is 0.0757. The average Bonchev–Trinajstić information content (AvgIpc) is 3.20. The first-order chi connectivity index (χ1) is 12.3. The van der Waals surface area contributed by atoms with Crippen molar-refractivity contribution in [3.05, 3.63) is 54.5 Å². The van der Waals surface area contributed by atoms with E-state index in [-0.39, 0.29) is 11.8 Å². The Balaban J connectivity index is 1.51. The Morgan fingerprint density at radius 1 is 1.16 bits per heavy atom. The molecule has 1 fully saturated rings. The largest absolute Gasteiger partial charge is 0.459 e. The van der Waals surface area contributed by atoms with Crippen LogP contribution in [0.5, 0.6) is 0 Å². The van der Waals surface area contributed by atoms with Gasteiger partial charge in [0.1, 0.15) is 6.04 Å². The molecule has 1 aliphatic heterocycles. The second kappa shape index (κ2) is 8.76. The van der Waals surface area contributed by atoms with Crippen LogP contribution in [-0.2, 0) is 4.79 Å². The van der Waals surface area contributed by atoms with Gasteiger partial charge in [-0.25, -0.2) is 0 Å². The summed E-state index contributed by atoms with van der Waals surface area (Å²) in [5.74, 6) is 0.810. The van der Waals surface area contributed by atoms with Crippen LogP contribution in [0.1, 0.15) is 29.8 Å². The molecule has 3 rings (SSSR count). The monoisotopic (exact) mass is 358 g/mol. The number of nitrogens with one attached hydrogen (secondary N) is 1. The lowest BCUT2D eigenvalue weighted by Crippen LogP contribution is -2.52. The second-order valence-corrected chi connectivity index (χ2v) is 7.11. The van der Waals surface area contributed by atoms with Gasteiger partial charge in [0.15, 0.2) is 5.76 Å². The van der Waals surface area contributed by atoms with Gasteiger partial charge in [0.05, 0.1) is 6.26 Å². The molecule has 1 aromatic carbocycles. The van der Waals surface area contributed by atoms with Crippen LogP contribution in [0.15, 0.2) is 58.0 Å². The van der Waals surface area contributed by atoms with Gasteiger partial charge < -0.3 is 14.6 Å². The fraction of sp³-hybridized carbons (Fsp3) is 0.368. The SMILES string of the molecule is O=C(NCCSc1ccccc1)C1CCCCN1C(=O)c1ccco1. The smallest absolute Gasteiger partial charge is 0.290 e. The van der Waals surface area contributed by atoms with Crippen LogP contribution in [0.4, 0.5) is 0 Å². The zero-order chi connectivity index (χ0) is 17.5. The first kappa shape index (κ1) is 17.6. The molecule has 0 radical (unpaired) electrons. The number of hydrogen-bond acceptors (Lipinski definition) is 4. The Morgan fingerprint density at radius 3 is 2.76 bits per heavy atom. The summed E-state index contributed by atoms with van der Waals surface area (Å²) in [7, 11) is 0. The van der Waals surface area contributed by atoms with E-state index in [1.54, 1.807) is 28.8 Å². The summed E-state index contributed by atoms with van der Waals surface area (Å²) in [4.78, 5) is 27.9. The van der Waals surface area contributed by atoms with Crippen LogP contribution >= 0.6 is 11.8 Å². The molecule has 2 aromatic rings. The predicted octanol–water partition coefficient (Wildman–Crippen LogP) is 3.18. The number of likely N-dealkylation sites (tertiary alicyclic amines) is 1. The number of rotatable bonds is 6. The maximum atomic E-state index is 12.5. The molecular weight excluding hydrogens is 336 g/mol. The molecule has 0 aliphatic carbocycles. The minimum Gasteiger partial charge on any atom is -0.459 e. The summed E-state index contributed by atoms with van der Waals surface area (Å²) in [5, 5.41) is 2.97. The number of benzene rings is 1.